The van der Waals surface area contributed by atoms with Gasteiger partial charge in [0.15, 0.2) is 0 Å². The Morgan fingerprint density at radius 2 is 1.71 bits per heavy atom. The third-order valence-electron chi connectivity index (χ3n) is 6.63. The molecular formula is C24H44N6O. The Hall–Kier alpha value is -1.44. The maximum atomic E-state index is 5.29. The van der Waals surface area contributed by atoms with Crippen LogP contribution in [0.4, 0.5) is 5.82 Å². The predicted molar refractivity (Wildman–Crippen MR) is 128 cm³/mol. The Bertz CT molecular complexity index is 650. The van der Waals surface area contributed by atoms with E-state index < -0.39 is 0 Å². The first kappa shape index (κ1) is 24.2. The van der Waals surface area contributed by atoms with Gasteiger partial charge in [0.05, 0.1) is 12.8 Å². The van der Waals surface area contributed by atoms with Crippen molar-refractivity contribution < 1.29 is 4.74 Å². The maximum absolute atomic E-state index is 5.29. The van der Waals surface area contributed by atoms with Crippen molar-refractivity contribution in [2.45, 2.75) is 83.8 Å². The van der Waals surface area contributed by atoms with Gasteiger partial charge < -0.3 is 25.2 Å². The number of ether oxygens (including phenoxy) is 1. The smallest absolute Gasteiger partial charge is 0.318 e. The molecule has 1 aromatic rings. The fourth-order valence-corrected chi connectivity index (χ4v) is 4.87. The van der Waals surface area contributed by atoms with Crippen LogP contribution >= 0.6 is 0 Å². The van der Waals surface area contributed by atoms with Crippen LogP contribution in [0.5, 0.6) is 6.01 Å². The quantitative estimate of drug-likeness (QED) is 0.758. The topological polar surface area (TPSA) is 65.5 Å². The number of aromatic nitrogens is 2. The van der Waals surface area contributed by atoms with E-state index in [1.54, 1.807) is 7.11 Å². The van der Waals surface area contributed by atoms with Crippen molar-refractivity contribution in [1.82, 2.24) is 25.5 Å². The SMILES string of the molecule is CCCCC.CN1CCCC1.COc1nc2c(c(N3CC4CCC(C3)N4)n1)CCNC2. The second kappa shape index (κ2) is 12.6. The fraction of sp³-hybridized carbons (Fsp3) is 0.833. The highest BCUT2D eigenvalue weighted by atomic mass is 16.5. The number of unbranched alkanes of at least 4 members (excludes halogenated alkanes) is 2. The number of nitrogens with zero attached hydrogens (tertiary/aromatic N) is 4. The van der Waals surface area contributed by atoms with Crippen molar-refractivity contribution in [3.63, 3.8) is 0 Å². The van der Waals surface area contributed by atoms with Crippen molar-refractivity contribution in [3.8, 4) is 6.01 Å². The van der Waals surface area contributed by atoms with E-state index in [1.807, 2.05) is 0 Å². The van der Waals surface area contributed by atoms with E-state index in [0.717, 1.165) is 44.1 Å². The molecule has 2 atom stereocenters. The Morgan fingerprint density at radius 1 is 1.03 bits per heavy atom. The molecule has 7 nitrogen and oxygen atoms in total. The second-order valence-electron chi connectivity index (χ2n) is 9.29. The van der Waals surface area contributed by atoms with Crippen molar-refractivity contribution in [3.05, 3.63) is 11.3 Å². The molecule has 4 aliphatic rings. The summed E-state index contributed by atoms with van der Waals surface area (Å²) in [5.41, 5.74) is 2.41. The average Bonchev–Trinajstić information content (AvgIpc) is 3.41. The minimum absolute atomic E-state index is 0.494. The van der Waals surface area contributed by atoms with E-state index in [2.05, 4.69) is 51.3 Å². The molecular weight excluding hydrogens is 388 g/mol. The Morgan fingerprint density at radius 3 is 2.23 bits per heavy atom. The van der Waals surface area contributed by atoms with E-state index in [1.165, 1.54) is 63.6 Å². The summed E-state index contributed by atoms with van der Waals surface area (Å²) in [5.74, 6) is 1.10. The third kappa shape index (κ3) is 7.02. The summed E-state index contributed by atoms with van der Waals surface area (Å²) in [6, 6.07) is 1.73. The lowest BCUT2D eigenvalue weighted by Gasteiger charge is -2.35. The molecule has 0 aromatic carbocycles. The van der Waals surface area contributed by atoms with E-state index in [-0.39, 0.29) is 0 Å². The maximum Gasteiger partial charge on any atom is 0.318 e. The molecule has 0 spiro atoms. The monoisotopic (exact) mass is 432 g/mol. The number of nitrogens with one attached hydrogen (secondary N) is 2. The van der Waals surface area contributed by atoms with Gasteiger partial charge in [0.25, 0.3) is 0 Å². The van der Waals surface area contributed by atoms with Crippen LogP contribution in [0, 0.1) is 0 Å². The Kier molecular flexibility index (Phi) is 9.81. The van der Waals surface area contributed by atoms with Gasteiger partial charge in [0.2, 0.25) is 0 Å². The van der Waals surface area contributed by atoms with Crippen LogP contribution in [0.3, 0.4) is 0 Å². The first-order valence-corrected chi connectivity index (χ1v) is 12.5. The first-order chi connectivity index (χ1) is 15.1. The second-order valence-corrected chi connectivity index (χ2v) is 9.29. The fourth-order valence-electron chi connectivity index (χ4n) is 4.87. The number of likely N-dealkylation sites (tertiary alicyclic amines) is 1. The summed E-state index contributed by atoms with van der Waals surface area (Å²) < 4.78 is 5.29. The lowest BCUT2D eigenvalue weighted by Crippen LogP contribution is -2.52. The van der Waals surface area contributed by atoms with E-state index in [0.29, 0.717) is 18.1 Å². The number of hydrogen-bond donors (Lipinski definition) is 2. The lowest BCUT2D eigenvalue weighted by atomic mass is 10.1. The van der Waals surface area contributed by atoms with E-state index in [9.17, 15) is 0 Å². The standard InChI is InChI=1S/C14H21N5O.C5H11N.C5H12/c1-20-14-17-12-6-15-5-4-11(12)13(18-14)19-7-9-2-3-10(8-19)16-9;1-6-4-2-3-5-6;1-3-5-4-2/h9-10,15-16H,2-8H2,1H3;2-5H2,1H3;3-5H2,1-2H3. The van der Waals surface area contributed by atoms with Gasteiger partial charge in [-0.2, -0.15) is 9.97 Å². The van der Waals surface area contributed by atoms with Gasteiger partial charge in [-0.1, -0.05) is 33.1 Å². The van der Waals surface area contributed by atoms with E-state index in [4.69, 9.17) is 4.74 Å². The summed E-state index contributed by atoms with van der Waals surface area (Å²) in [6.45, 7) is 11.0. The summed E-state index contributed by atoms with van der Waals surface area (Å²) in [6.07, 6.45) is 10.5. The van der Waals surface area contributed by atoms with Gasteiger partial charge in [0, 0.05) is 37.3 Å². The predicted octanol–water partition coefficient (Wildman–Crippen LogP) is 2.98. The van der Waals surface area contributed by atoms with Crippen molar-refractivity contribution in [2.75, 3.05) is 51.8 Å². The minimum Gasteiger partial charge on any atom is -0.467 e. The van der Waals surface area contributed by atoms with Crippen LogP contribution in [0.2, 0.25) is 0 Å². The molecule has 4 aliphatic heterocycles. The molecule has 5 heterocycles. The Labute approximate surface area is 189 Å². The van der Waals surface area contributed by atoms with Gasteiger partial charge >= 0.3 is 6.01 Å². The van der Waals surface area contributed by atoms with Crippen molar-refractivity contribution in [1.29, 1.82) is 0 Å². The lowest BCUT2D eigenvalue weighted by molar-refractivity contribution is 0.374. The van der Waals surface area contributed by atoms with Crippen LogP contribution in [-0.4, -0.2) is 73.8 Å². The van der Waals surface area contributed by atoms with Crippen LogP contribution < -0.4 is 20.3 Å². The summed E-state index contributed by atoms with van der Waals surface area (Å²) in [4.78, 5) is 14.0. The zero-order valence-electron chi connectivity index (χ0n) is 20.3. The van der Waals surface area contributed by atoms with Crippen molar-refractivity contribution in [2.24, 2.45) is 0 Å². The van der Waals surface area contributed by atoms with Crippen LogP contribution in [-0.2, 0) is 13.0 Å². The van der Waals surface area contributed by atoms with Gasteiger partial charge in [-0.25, -0.2) is 0 Å². The molecule has 0 radical (unpaired) electrons. The molecule has 0 saturated carbocycles. The number of anilines is 1. The highest BCUT2D eigenvalue weighted by Crippen LogP contribution is 2.30. The molecule has 0 amide bonds. The molecule has 5 rings (SSSR count). The molecule has 176 valence electrons. The summed E-state index contributed by atoms with van der Waals surface area (Å²) in [5, 5.41) is 7.05. The molecule has 31 heavy (non-hydrogen) atoms. The molecule has 2 bridgehead atoms. The van der Waals surface area contributed by atoms with Crippen LogP contribution in [0.15, 0.2) is 0 Å². The largest absolute Gasteiger partial charge is 0.467 e. The van der Waals surface area contributed by atoms with Gasteiger partial charge in [-0.15, -0.1) is 0 Å². The minimum atomic E-state index is 0.494. The number of hydrogen-bond acceptors (Lipinski definition) is 7. The molecule has 1 aromatic heterocycles. The summed E-state index contributed by atoms with van der Waals surface area (Å²) >= 11 is 0. The van der Waals surface area contributed by atoms with Crippen LogP contribution in [0.25, 0.3) is 0 Å². The van der Waals surface area contributed by atoms with Gasteiger partial charge in [-0.3, -0.25) is 0 Å². The zero-order chi connectivity index (χ0) is 22.1. The van der Waals surface area contributed by atoms with Gasteiger partial charge in [-0.05, 0) is 58.8 Å². The van der Waals surface area contributed by atoms with Crippen molar-refractivity contribution >= 4 is 5.82 Å². The van der Waals surface area contributed by atoms with Gasteiger partial charge in [0.1, 0.15) is 5.82 Å². The molecule has 0 aliphatic carbocycles. The van der Waals surface area contributed by atoms with E-state index >= 15 is 0 Å². The number of fused-ring (bicyclic) bond motifs is 3. The average molecular weight is 433 g/mol. The highest BCUT2D eigenvalue weighted by molar-refractivity contribution is 5.52. The highest BCUT2D eigenvalue weighted by Gasteiger charge is 2.34. The number of piperazine rings is 1. The molecule has 2 N–H and O–H groups in total. The first-order valence-electron chi connectivity index (χ1n) is 12.5. The third-order valence-corrected chi connectivity index (χ3v) is 6.63. The number of methoxy groups -OCH3 is 1. The molecule has 3 fully saturated rings. The number of rotatable bonds is 4. The zero-order valence-corrected chi connectivity index (χ0v) is 20.3. The molecule has 2 unspecified atom stereocenters. The van der Waals surface area contributed by atoms with Crippen LogP contribution in [0.1, 0.15) is 70.1 Å². The summed E-state index contributed by atoms with van der Waals surface area (Å²) in [7, 11) is 3.82. The molecule has 3 saturated heterocycles. The molecule has 7 heteroatoms. The normalized spacial score (nSPS) is 24.6. The Balaban J connectivity index is 0.000000205.